The highest BCUT2D eigenvalue weighted by atomic mass is 16.5. The van der Waals surface area contributed by atoms with Gasteiger partial charge in [0.15, 0.2) is 0 Å². The molecule has 0 fully saturated rings. The fourth-order valence-electron chi connectivity index (χ4n) is 4.15. The molecule has 5 rings (SSSR count). The number of carbonyl (C=O) groups is 2. The van der Waals surface area contributed by atoms with E-state index in [2.05, 4.69) is 16.4 Å². The fraction of sp³-hybridized carbons (Fsp3) is 0.154. The maximum atomic E-state index is 12.8. The van der Waals surface area contributed by atoms with Gasteiger partial charge in [0.1, 0.15) is 11.4 Å². The highest BCUT2D eigenvalue weighted by Gasteiger charge is 2.25. The first-order valence-electron chi connectivity index (χ1n) is 10.6. The highest BCUT2D eigenvalue weighted by Crippen LogP contribution is 2.30. The molecule has 0 saturated heterocycles. The lowest BCUT2D eigenvalue weighted by Crippen LogP contribution is -2.28. The van der Waals surface area contributed by atoms with Crippen molar-refractivity contribution in [1.82, 2.24) is 10.3 Å². The standard InChI is InChI=1S/C26H23N3O3/c1-32-21-9-8-19-14-23(28-22(19)15-21)25(30)27-16-17-7-10-24-20(13-17)11-12-29(24)26(31)18-5-3-2-4-6-18/h2-10,13-15,28H,11-12,16H2,1H3,(H,27,30). The Bertz CT molecular complexity index is 1310. The lowest BCUT2D eigenvalue weighted by Gasteiger charge is -2.17. The number of amides is 2. The van der Waals surface area contributed by atoms with E-state index in [0.29, 0.717) is 24.3 Å². The Kier molecular flexibility index (Phi) is 5.11. The third-order valence-electron chi connectivity index (χ3n) is 5.83. The van der Waals surface area contributed by atoms with Crippen molar-refractivity contribution in [1.29, 1.82) is 0 Å². The summed E-state index contributed by atoms with van der Waals surface area (Å²) in [6, 6.07) is 22.8. The van der Waals surface area contributed by atoms with Gasteiger partial charge in [0.05, 0.1) is 7.11 Å². The number of aromatic nitrogens is 1. The molecule has 0 bridgehead atoms. The summed E-state index contributed by atoms with van der Waals surface area (Å²) in [6.45, 7) is 1.08. The largest absolute Gasteiger partial charge is 0.497 e. The van der Waals surface area contributed by atoms with E-state index in [-0.39, 0.29) is 11.8 Å². The molecule has 160 valence electrons. The summed E-state index contributed by atoms with van der Waals surface area (Å²) in [5.74, 6) is 0.589. The third kappa shape index (κ3) is 3.71. The number of nitrogens with one attached hydrogen (secondary N) is 2. The molecule has 4 aromatic rings. The summed E-state index contributed by atoms with van der Waals surface area (Å²) in [5.41, 5.74) is 5.12. The minimum atomic E-state index is -0.165. The maximum Gasteiger partial charge on any atom is 0.267 e. The van der Waals surface area contributed by atoms with Gasteiger partial charge in [-0.2, -0.15) is 0 Å². The SMILES string of the molecule is COc1ccc2cc(C(=O)NCc3ccc4c(c3)CCN4C(=O)c3ccccc3)[nH]c2c1. The number of anilines is 1. The Hall–Kier alpha value is -4.06. The molecule has 0 aliphatic carbocycles. The molecule has 1 aliphatic rings. The number of hydrogen-bond acceptors (Lipinski definition) is 3. The Morgan fingerprint density at radius 3 is 2.69 bits per heavy atom. The number of ether oxygens (including phenoxy) is 1. The van der Waals surface area contributed by atoms with E-state index in [9.17, 15) is 9.59 Å². The summed E-state index contributed by atoms with van der Waals surface area (Å²) in [7, 11) is 1.62. The van der Waals surface area contributed by atoms with Crippen molar-refractivity contribution in [2.75, 3.05) is 18.6 Å². The van der Waals surface area contributed by atoms with Crippen LogP contribution in [0, 0.1) is 0 Å². The third-order valence-corrected chi connectivity index (χ3v) is 5.83. The topological polar surface area (TPSA) is 74.4 Å². The average Bonchev–Trinajstić information content (AvgIpc) is 3.46. The molecule has 6 heteroatoms. The van der Waals surface area contributed by atoms with Gasteiger partial charge in [-0.3, -0.25) is 9.59 Å². The van der Waals surface area contributed by atoms with Gasteiger partial charge in [-0.05, 0) is 53.9 Å². The van der Waals surface area contributed by atoms with Crippen LogP contribution < -0.4 is 15.0 Å². The van der Waals surface area contributed by atoms with Crippen LogP contribution in [0.2, 0.25) is 0 Å². The number of carbonyl (C=O) groups excluding carboxylic acids is 2. The molecule has 3 aromatic carbocycles. The highest BCUT2D eigenvalue weighted by molar-refractivity contribution is 6.07. The monoisotopic (exact) mass is 425 g/mol. The molecule has 2 amide bonds. The van der Waals surface area contributed by atoms with Crippen molar-refractivity contribution in [3.05, 3.63) is 95.2 Å². The van der Waals surface area contributed by atoms with Crippen LogP contribution in [-0.4, -0.2) is 30.5 Å². The molecule has 2 heterocycles. The van der Waals surface area contributed by atoms with E-state index >= 15 is 0 Å². The quantitative estimate of drug-likeness (QED) is 0.500. The van der Waals surface area contributed by atoms with Crippen LogP contribution in [0.5, 0.6) is 5.75 Å². The summed E-state index contributed by atoms with van der Waals surface area (Å²) < 4.78 is 5.24. The normalized spacial score (nSPS) is 12.6. The van der Waals surface area contributed by atoms with Gasteiger partial charge in [0.25, 0.3) is 11.8 Å². The number of rotatable bonds is 5. The van der Waals surface area contributed by atoms with Crippen molar-refractivity contribution in [3.8, 4) is 5.75 Å². The van der Waals surface area contributed by atoms with Crippen molar-refractivity contribution < 1.29 is 14.3 Å². The number of benzene rings is 3. The second-order valence-electron chi connectivity index (χ2n) is 7.85. The Morgan fingerprint density at radius 2 is 1.88 bits per heavy atom. The van der Waals surface area contributed by atoms with Crippen molar-refractivity contribution in [2.24, 2.45) is 0 Å². The number of fused-ring (bicyclic) bond motifs is 2. The Balaban J connectivity index is 1.27. The van der Waals surface area contributed by atoms with Gasteiger partial charge >= 0.3 is 0 Å². The van der Waals surface area contributed by atoms with Crippen LogP contribution in [0.15, 0.2) is 72.8 Å². The minimum absolute atomic E-state index is 0.0147. The first kappa shape index (κ1) is 19.9. The molecule has 1 aromatic heterocycles. The van der Waals surface area contributed by atoms with Gasteiger partial charge < -0.3 is 19.9 Å². The van der Waals surface area contributed by atoms with Crippen LogP contribution in [0.25, 0.3) is 10.9 Å². The molecular weight excluding hydrogens is 402 g/mol. The van der Waals surface area contributed by atoms with Gasteiger partial charge in [-0.1, -0.05) is 30.3 Å². The first-order chi connectivity index (χ1) is 15.6. The van der Waals surface area contributed by atoms with E-state index in [0.717, 1.165) is 39.9 Å². The van der Waals surface area contributed by atoms with E-state index in [1.165, 1.54) is 0 Å². The second kappa shape index (κ2) is 8.23. The number of H-pyrrole nitrogens is 1. The van der Waals surface area contributed by atoms with E-state index in [4.69, 9.17) is 4.74 Å². The van der Waals surface area contributed by atoms with Gasteiger partial charge in [0.2, 0.25) is 0 Å². The summed E-state index contributed by atoms with van der Waals surface area (Å²) in [5, 5.41) is 3.93. The Labute approximate surface area is 185 Å². The van der Waals surface area contributed by atoms with Gasteiger partial charge in [0, 0.05) is 41.3 Å². The molecule has 0 atom stereocenters. The van der Waals surface area contributed by atoms with E-state index in [1.807, 2.05) is 71.6 Å². The molecule has 0 saturated carbocycles. The second-order valence-corrected chi connectivity index (χ2v) is 7.85. The van der Waals surface area contributed by atoms with E-state index < -0.39 is 0 Å². The summed E-state index contributed by atoms with van der Waals surface area (Å²) in [6.07, 6.45) is 0.805. The molecule has 0 radical (unpaired) electrons. The number of hydrogen-bond donors (Lipinski definition) is 2. The number of aromatic amines is 1. The van der Waals surface area contributed by atoms with Crippen molar-refractivity contribution in [2.45, 2.75) is 13.0 Å². The fourth-order valence-corrected chi connectivity index (χ4v) is 4.15. The summed E-state index contributed by atoms with van der Waals surface area (Å²) in [4.78, 5) is 30.5. The maximum absolute atomic E-state index is 12.8. The first-order valence-corrected chi connectivity index (χ1v) is 10.6. The lowest BCUT2D eigenvalue weighted by molar-refractivity contribution is 0.0945. The zero-order chi connectivity index (χ0) is 22.1. The summed E-state index contributed by atoms with van der Waals surface area (Å²) >= 11 is 0. The van der Waals surface area contributed by atoms with E-state index in [1.54, 1.807) is 7.11 Å². The average molecular weight is 425 g/mol. The van der Waals surface area contributed by atoms with Gasteiger partial charge in [-0.25, -0.2) is 0 Å². The van der Waals surface area contributed by atoms with Crippen LogP contribution in [0.4, 0.5) is 5.69 Å². The molecule has 6 nitrogen and oxygen atoms in total. The molecule has 0 spiro atoms. The smallest absolute Gasteiger partial charge is 0.267 e. The van der Waals surface area contributed by atoms with Crippen LogP contribution in [0.3, 0.4) is 0 Å². The minimum Gasteiger partial charge on any atom is -0.497 e. The van der Waals surface area contributed by atoms with Crippen LogP contribution in [-0.2, 0) is 13.0 Å². The molecular formula is C26H23N3O3. The van der Waals surface area contributed by atoms with Gasteiger partial charge in [-0.15, -0.1) is 0 Å². The lowest BCUT2D eigenvalue weighted by atomic mass is 10.1. The number of methoxy groups -OCH3 is 1. The molecule has 32 heavy (non-hydrogen) atoms. The Morgan fingerprint density at radius 1 is 1.03 bits per heavy atom. The zero-order valence-electron chi connectivity index (χ0n) is 17.7. The predicted octanol–water partition coefficient (Wildman–Crippen LogP) is 4.31. The van der Waals surface area contributed by atoms with Crippen molar-refractivity contribution >= 4 is 28.4 Å². The predicted molar refractivity (Wildman–Crippen MR) is 124 cm³/mol. The van der Waals surface area contributed by atoms with Crippen molar-refractivity contribution in [3.63, 3.8) is 0 Å². The van der Waals surface area contributed by atoms with Crippen LogP contribution in [0.1, 0.15) is 32.0 Å². The molecule has 0 unspecified atom stereocenters. The number of nitrogens with zero attached hydrogens (tertiary/aromatic N) is 1. The van der Waals surface area contributed by atoms with Crippen LogP contribution >= 0.6 is 0 Å². The zero-order valence-corrected chi connectivity index (χ0v) is 17.7. The molecule has 2 N–H and O–H groups in total. The molecule has 1 aliphatic heterocycles.